The van der Waals surface area contributed by atoms with E-state index in [-0.39, 0.29) is 0 Å². The molecule has 4 rings (SSSR count). The van der Waals surface area contributed by atoms with Gasteiger partial charge in [-0.05, 0) is 37.7 Å². The van der Waals surface area contributed by atoms with Crippen molar-refractivity contribution in [1.82, 2.24) is 20.0 Å². The first-order valence-corrected chi connectivity index (χ1v) is 8.72. The molecule has 1 aliphatic heterocycles. The Hall–Kier alpha value is -0.870. The monoisotopic (exact) mass is 288 g/mol. The summed E-state index contributed by atoms with van der Waals surface area (Å²) in [4.78, 5) is 2.75. The third-order valence-electron chi connectivity index (χ3n) is 5.77. The summed E-state index contributed by atoms with van der Waals surface area (Å²) >= 11 is 0. The van der Waals surface area contributed by atoms with Gasteiger partial charge in [-0.15, -0.1) is 0 Å². The lowest BCUT2D eigenvalue weighted by Crippen LogP contribution is -2.65. The Balaban J connectivity index is 1.50. The minimum atomic E-state index is 0.401. The molecule has 116 valence electrons. The molecule has 1 aromatic rings. The zero-order valence-electron chi connectivity index (χ0n) is 13.2. The van der Waals surface area contributed by atoms with Crippen LogP contribution in [0, 0.1) is 5.92 Å². The predicted octanol–water partition coefficient (Wildman–Crippen LogP) is 2.31. The second-order valence-corrected chi connectivity index (χ2v) is 7.51. The van der Waals surface area contributed by atoms with Crippen LogP contribution in [0.4, 0.5) is 0 Å². The molecule has 1 aromatic heterocycles. The van der Waals surface area contributed by atoms with Crippen molar-refractivity contribution < 1.29 is 0 Å². The van der Waals surface area contributed by atoms with Crippen molar-refractivity contribution in [2.45, 2.75) is 63.1 Å². The molecule has 3 aliphatic rings. The SMILES string of the molecule is Cn1ccc(CN2CC3(CCCCC3)NCC2C2CC2)n1. The maximum absolute atomic E-state index is 4.61. The molecule has 4 heteroatoms. The van der Waals surface area contributed by atoms with Crippen molar-refractivity contribution in [2.75, 3.05) is 13.1 Å². The van der Waals surface area contributed by atoms with E-state index >= 15 is 0 Å². The molecule has 1 unspecified atom stereocenters. The summed E-state index contributed by atoms with van der Waals surface area (Å²) in [5.41, 5.74) is 1.63. The van der Waals surface area contributed by atoms with Crippen LogP contribution in [-0.2, 0) is 13.6 Å². The number of hydrogen-bond donors (Lipinski definition) is 1. The summed E-state index contributed by atoms with van der Waals surface area (Å²) < 4.78 is 1.93. The van der Waals surface area contributed by atoms with Gasteiger partial charge in [-0.1, -0.05) is 19.3 Å². The summed E-state index contributed by atoms with van der Waals surface area (Å²) in [6.45, 7) is 3.45. The van der Waals surface area contributed by atoms with Crippen molar-refractivity contribution in [1.29, 1.82) is 0 Å². The lowest BCUT2D eigenvalue weighted by atomic mass is 9.79. The van der Waals surface area contributed by atoms with E-state index in [0.29, 0.717) is 5.54 Å². The first-order valence-electron chi connectivity index (χ1n) is 8.72. The Morgan fingerprint density at radius 3 is 2.76 bits per heavy atom. The molecular weight excluding hydrogens is 260 g/mol. The summed E-state index contributed by atoms with van der Waals surface area (Å²) in [5, 5.41) is 8.57. The van der Waals surface area contributed by atoms with E-state index in [0.717, 1.165) is 18.5 Å². The van der Waals surface area contributed by atoms with Gasteiger partial charge < -0.3 is 5.32 Å². The van der Waals surface area contributed by atoms with Crippen LogP contribution >= 0.6 is 0 Å². The van der Waals surface area contributed by atoms with Crippen molar-refractivity contribution in [3.63, 3.8) is 0 Å². The lowest BCUT2D eigenvalue weighted by molar-refractivity contribution is 0.0399. The Labute approximate surface area is 127 Å². The standard InChI is InChI=1S/C17H28N4/c1-20-10-7-15(19-20)12-21-13-17(8-3-2-4-9-17)18-11-16(21)14-5-6-14/h7,10,14,16,18H,2-6,8-9,11-13H2,1H3. The molecule has 0 bridgehead atoms. The van der Waals surface area contributed by atoms with E-state index in [1.165, 1.54) is 63.7 Å². The van der Waals surface area contributed by atoms with Gasteiger partial charge >= 0.3 is 0 Å². The molecule has 1 atom stereocenters. The van der Waals surface area contributed by atoms with E-state index in [1.54, 1.807) is 0 Å². The molecule has 2 saturated carbocycles. The van der Waals surface area contributed by atoms with Crippen LogP contribution in [0.15, 0.2) is 12.3 Å². The Kier molecular flexibility index (Phi) is 3.54. The number of aryl methyl sites for hydroxylation is 1. The normalized spacial score (nSPS) is 29.9. The van der Waals surface area contributed by atoms with Crippen LogP contribution in [0.5, 0.6) is 0 Å². The maximum Gasteiger partial charge on any atom is 0.0764 e. The third-order valence-corrected chi connectivity index (χ3v) is 5.77. The van der Waals surface area contributed by atoms with Gasteiger partial charge in [0.2, 0.25) is 0 Å². The molecule has 4 nitrogen and oxygen atoms in total. The van der Waals surface area contributed by atoms with Crippen molar-refractivity contribution in [3.8, 4) is 0 Å². The molecule has 0 radical (unpaired) electrons. The first-order chi connectivity index (χ1) is 10.2. The Morgan fingerprint density at radius 2 is 2.10 bits per heavy atom. The van der Waals surface area contributed by atoms with Crippen LogP contribution in [0.2, 0.25) is 0 Å². The van der Waals surface area contributed by atoms with E-state index in [9.17, 15) is 0 Å². The summed E-state index contributed by atoms with van der Waals surface area (Å²) in [7, 11) is 2.02. The van der Waals surface area contributed by atoms with Gasteiger partial charge in [0.25, 0.3) is 0 Å². The second-order valence-electron chi connectivity index (χ2n) is 7.51. The molecule has 0 aromatic carbocycles. The average molecular weight is 288 g/mol. The highest BCUT2D eigenvalue weighted by Gasteiger charge is 2.44. The van der Waals surface area contributed by atoms with Crippen LogP contribution in [-0.4, -0.2) is 39.4 Å². The molecule has 0 amide bonds. The van der Waals surface area contributed by atoms with Crippen molar-refractivity contribution in [3.05, 3.63) is 18.0 Å². The zero-order valence-corrected chi connectivity index (χ0v) is 13.2. The van der Waals surface area contributed by atoms with Crippen LogP contribution in [0.25, 0.3) is 0 Å². The Morgan fingerprint density at radius 1 is 1.29 bits per heavy atom. The van der Waals surface area contributed by atoms with Crippen molar-refractivity contribution >= 4 is 0 Å². The maximum atomic E-state index is 4.61. The smallest absolute Gasteiger partial charge is 0.0764 e. The number of piperazine rings is 1. The van der Waals surface area contributed by atoms with Gasteiger partial charge in [0.05, 0.1) is 5.69 Å². The lowest BCUT2D eigenvalue weighted by Gasteiger charge is -2.50. The fourth-order valence-corrected chi connectivity index (χ4v) is 4.45. The summed E-state index contributed by atoms with van der Waals surface area (Å²) in [6, 6.07) is 2.92. The Bertz CT molecular complexity index is 485. The average Bonchev–Trinajstić information content (AvgIpc) is 3.23. The van der Waals surface area contributed by atoms with Gasteiger partial charge in [-0.3, -0.25) is 9.58 Å². The van der Waals surface area contributed by atoms with Gasteiger partial charge in [0.15, 0.2) is 0 Å². The first kappa shape index (κ1) is 13.8. The van der Waals surface area contributed by atoms with E-state index in [4.69, 9.17) is 0 Å². The number of nitrogens with zero attached hydrogens (tertiary/aromatic N) is 3. The number of rotatable bonds is 3. The molecule has 2 heterocycles. The van der Waals surface area contributed by atoms with Gasteiger partial charge in [-0.25, -0.2) is 0 Å². The molecule has 1 N–H and O–H groups in total. The number of nitrogens with one attached hydrogen (secondary N) is 1. The fraction of sp³-hybridized carbons (Fsp3) is 0.824. The summed E-state index contributed by atoms with van der Waals surface area (Å²) in [5.74, 6) is 0.933. The minimum absolute atomic E-state index is 0.401. The highest BCUT2D eigenvalue weighted by Crippen LogP contribution is 2.40. The molecule has 1 saturated heterocycles. The molecule has 3 fully saturated rings. The fourth-order valence-electron chi connectivity index (χ4n) is 4.45. The summed E-state index contributed by atoms with van der Waals surface area (Å²) in [6.07, 6.45) is 11.9. The van der Waals surface area contributed by atoms with Crippen LogP contribution < -0.4 is 5.32 Å². The number of hydrogen-bond acceptors (Lipinski definition) is 3. The van der Waals surface area contributed by atoms with Gasteiger partial charge in [-0.2, -0.15) is 5.10 Å². The minimum Gasteiger partial charge on any atom is -0.308 e. The van der Waals surface area contributed by atoms with Crippen molar-refractivity contribution in [2.24, 2.45) is 13.0 Å². The van der Waals surface area contributed by atoms with Crippen LogP contribution in [0.1, 0.15) is 50.6 Å². The van der Waals surface area contributed by atoms with Gasteiger partial charge in [0, 0.05) is 44.5 Å². The quantitative estimate of drug-likeness (QED) is 0.926. The molecule has 2 aliphatic carbocycles. The molecule has 1 spiro atoms. The van der Waals surface area contributed by atoms with Crippen LogP contribution in [0.3, 0.4) is 0 Å². The third kappa shape index (κ3) is 2.88. The highest BCUT2D eigenvalue weighted by atomic mass is 15.3. The van der Waals surface area contributed by atoms with E-state index in [2.05, 4.69) is 27.6 Å². The molecule has 21 heavy (non-hydrogen) atoms. The largest absolute Gasteiger partial charge is 0.308 e. The zero-order chi connectivity index (χ0) is 14.3. The van der Waals surface area contributed by atoms with Gasteiger partial charge in [0.1, 0.15) is 0 Å². The second kappa shape index (κ2) is 5.40. The van der Waals surface area contributed by atoms with E-state index < -0.39 is 0 Å². The molecular formula is C17H28N4. The highest BCUT2D eigenvalue weighted by molar-refractivity contribution is 5.06. The number of aromatic nitrogens is 2. The van der Waals surface area contributed by atoms with E-state index in [1.807, 2.05) is 11.7 Å². The topological polar surface area (TPSA) is 33.1 Å². The predicted molar refractivity (Wildman–Crippen MR) is 83.9 cm³/mol.